The van der Waals surface area contributed by atoms with Crippen LogP contribution in [0.5, 0.6) is 0 Å². The summed E-state index contributed by atoms with van der Waals surface area (Å²) in [6, 6.07) is 0. The summed E-state index contributed by atoms with van der Waals surface area (Å²) in [5.41, 5.74) is 7.27. The molecule has 2 aromatic rings. The molecule has 0 bridgehead atoms. The van der Waals surface area contributed by atoms with Crippen LogP contribution in [0.3, 0.4) is 0 Å². The second-order valence-electron chi connectivity index (χ2n) is 5.05. The normalized spacial score (nSPS) is 11.2. The first-order valence-electron chi connectivity index (χ1n) is 6.42. The molecule has 0 fully saturated rings. The molecule has 0 aliphatic carbocycles. The standard InChI is InChI=1S/C16H20O2/c1-7-13-8(2)9(3)14-10(4)11(5)16(17)18-15(14)12(13)6/h7H2,1-6H3. The average Bonchev–Trinajstić information content (AvgIpc) is 2.34. The van der Waals surface area contributed by atoms with Crippen molar-refractivity contribution in [2.24, 2.45) is 0 Å². The van der Waals surface area contributed by atoms with Gasteiger partial charge < -0.3 is 4.42 Å². The SMILES string of the molecule is CCc1c(C)c(C)c2c(C)c(C)c(=O)oc2c1C. The summed E-state index contributed by atoms with van der Waals surface area (Å²) in [5.74, 6) is 0. The Kier molecular flexibility index (Phi) is 3.05. The van der Waals surface area contributed by atoms with Gasteiger partial charge in [-0.3, -0.25) is 0 Å². The molecule has 1 heterocycles. The molecule has 0 aliphatic rings. The Morgan fingerprint density at radius 1 is 0.833 bits per heavy atom. The Hall–Kier alpha value is -1.57. The molecule has 0 unspecified atom stereocenters. The zero-order valence-electron chi connectivity index (χ0n) is 12.0. The molecule has 0 saturated carbocycles. The largest absolute Gasteiger partial charge is 0.422 e. The van der Waals surface area contributed by atoms with Crippen molar-refractivity contribution >= 4 is 11.0 Å². The highest BCUT2D eigenvalue weighted by Crippen LogP contribution is 2.31. The highest BCUT2D eigenvalue weighted by Gasteiger charge is 2.16. The second-order valence-corrected chi connectivity index (χ2v) is 5.05. The third-order valence-electron chi connectivity index (χ3n) is 4.20. The molecule has 0 spiro atoms. The van der Waals surface area contributed by atoms with E-state index in [9.17, 15) is 4.79 Å². The van der Waals surface area contributed by atoms with Crippen LogP contribution >= 0.6 is 0 Å². The summed E-state index contributed by atoms with van der Waals surface area (Å²) in [5, 5.41) is 1.11. The molecule has 1 aromatic heterocycles. The quantitative estimate of drug-likeness (QED) is 0.712. The molecule has 2 nitrogen and oxygen atoms in total. The van der Waals surface area contributed by atoms with Gasteiger partial charge in [0, 0.05) is 10.9 Å². The predicted octanol–water partition coefficient (Wildman–Crippen LogP) is 3.90. The summed E-state index contributed by atoms with van der Waals surface area (Å²) in [7, 11) is 0. The van der Waals surface area contributed by atoms with Crippen LogP contribution < -0.4 is 5.63 Å². The van der Waals surface area contributed by atoms with Gasteiger partial charge in [-0.1, -0.05) is 6.92 Å². The monoisotopic (exact) mass is 244 g/mol. The van der Waals surface area contributed by atoms with Crippen LogP contribution in [0.25, 0.3) is 11.0 Å². The minimum atomic E-state index is -0.214. The van der Waals surface area contributed by atoms with Gasteiger partial charge in [-0.2, -0.15) is 0 Å². The van der Waals surface area contributed by atoms with E-state index in [-0.39, 0.29) is 5.63 Å². The molecular formula is C16H20O2. The van der Waals surface area contributed by atoms with Crippen molar-refractivity contribution in [3.8, 4) is 0 Å². The van der Waals surface area contributed by atoms with E-state index >= 15 is 0 Å². The van der Waals surface area contributed by atoms with Gasteiger partial charge in [0.1, 0.15) is 5.58 Å². The topological polar surface area (TPSA) is 30.2 Å². The van der Waals surface area contributed by atoms with Crippen molar-refractivity contribution in [2.75, 3.05) is 0 Å². The number of fused-ring (bicyclic) bond motifs is 1. The minimum absolute atomic E-state index is 0.214. The van der Waals surface area contributed by atoms with Gasteiger partial charge in [0.2, 0.25) is 0 Å². The van der Waals surface area contributed by atoms with E-state index in [2.05, 4.69) is 20.8 Å². The highest BCUT2D eigenvalue weighted by atomic mass is 16.4. The van der Waals surface area contributed by atoms with Crippen LogP contribution in [0.2, 0.25) is 0 Å². The molecule has 0 aliphatic heterocycles. The Morgan fingerprint density at radius 2 is 1.39 bits per heavy atom. The lowest BCUT2D eigenvalue weighted by molar-refractivity contribution is 0.550. The lowest BCUT2D eigenvalue weighted by Gasteiger charge is -2.16. The average molecular weight is 244 g/mol. The molecular weight excluding hydrogens is 224 g/mol. The van der Waals surface area contributed by atoms with E-state index in [1.54, 1.807) is 0 Å². The van der Waals surface area contributed by atoms with Crippen LogP contribution in [-0.2, 0) is 6.42 Å². The Labute approximate surface area is 108 Å². The summed E-state index contributed by atoms with van der Waals surface area (Å²) in [4.78, 5) is 11.8. The van der Waals surface area contributed by atoms with Crippen molar-refractivity contribution < 1.29 is 4.42 Å². The zero-order valence-corrected chi connectivity index (χ0v) is 12.0. The third-order valence-corrected chi connectivity index (χ3v) is 4.20. The number of rotatable bonds is 1. The Bertz CT molecular complexity index is 691. The Morgan fingerprint density at radius 3 is 1.94 bits per heavy atom. The van der Waals surface area contributed by atoms with Gasteiger partial charge in [-0.15, -0.1) is 0 Å². The summed E-state index contributed by atoms with van der Waals surface area (Å²) >= 11 is 0. The Balaban J connectivity index is 3.13. The van der Waals surface area contributed by atoms with E-state index < -0.39 is 0 Å². The van der Waals surface area contributed by atoms with Crippen molar-refractivity contribution in [3.05, 3.63) is 43.8 Å². The predicted molar refractivity (Wildman–Crippen MR) is 75.5 cm³/mol. The maximum Gasteiger partial charge on any atom is 0.339 e. The van der Waals surface area contributed by atoms with Gasteiger partial charge in [-0.05, 0) is 68.9 Å². The molecule has 2 heteroatoms. The van der Waals surface area contributed by atoms with Gasteiger partial charge in [-0.25, -0.2) is 4.79 Å². The van der Waals surface area contributed by atoms with Crippen molar-refractivity contribution in [1.82, 2.24) is 0 Å². The minimum Gasteiger partial charge on any atom is -0.422 e. The van der Waals surface area contributed by atoms with Crippen molar-refractivity contribution in [1.29, 1.82) is 0 Å². The zero-order chi connectivity index (χ0) is 13.6. The lowest BCUT2D eigenvalue weighted by atomic mass is 9.90. The number of aryl methyl sites for hydroxylation is 3. The third kappa shape index (κ3) is 1.59. The van der Waals surface area contributed by atoms with Gasteiger partial charge >= 0.3 is 5.63 Å². The maximum atomic E-state index is 11.8. The van der Waals surface area contributed by atoms with Gasteiger partial charge in [0.05, 0.1) is 0 Å². The number of benzene rings is 1. The van der Waals surface area contributed by atoms with Crippen LogP contribution in [0.1, 0.15) is 40.3 Å². The molecule has 0 N–H and O–H groups in total. The van der Waals surface area contributed by atoms with Crippen LogP contribution in [0, 0.1) is 34.6 Å². The fourth-order valence-electron chi connectivity index (χ4n) is 2.81. The number of hydrogen-bond acceptors (Lipinski definition) is 2. The van der Waals surface area contributed by atoms with E-state index in [0.29, 0.717) is 5.56 Å². The molecule has 2 rings (SSSR count). The van der Waals surface area contributed by atoms with E-state index in [4.69, 9.17) is 4.42 Å². The van der Waals surface area contributed by atoms with Crippen molar-refractivity contribution in [2.45, 2.75) is 48.0 Å². The first-order chi connectivity index (χ1) is 8.40. The van der Waals surface area contributed by atoms with Crippen molar-refractivity contribution in [3.63, 3.8) is 0 Å². The van der Waals surface area contributed by atoms with E-state index in [0.717, 1.165) is 28.5 Å². The smallest absolute Gasteiger partial charge is 0.339 e. The van der Waals surface area contributed by atoms with Crippen LogP contribution in [0.4, 0.5) is 0 Å². The first kappa shape index (κ1) is 12.9. The molecule has 0 radical (unpaired) electrons. The summed E-state index contributed by atoms with van der Waals surface area (Å²) in [6.45, 7) is 12.3. The van der Waals surface area contributed by atoms with Crippen LogP contribution in [0.15, 0.2) is 9.21 Å². The van der Waals surface area contributed by atoms with Gasteiger partial charge in [0.25, 0.3) is 0 Å². The molecule has 0 atom stereocenters. The fraction of sp³-hybridized carbons (Fsp3) is 0.438. The van der Waals surface area contributed by atoms with E-state index in [1.807, 2.05) is 20.8 Å². The summed E-state index contributed by atoms with van der Waals surface area (Å²) in [6.07, 6.45) is 0.963. The molecule has 1 aromatic carbocycles. The first-order valence-corrected chi connectivity index (χ1v) is 6.42. The van der Waals surface area contributed by atoms with Gasteiger partial charge in [0.15, 0.2) is 0 Å². The highest BCUT2D eigenvalue weighted by molar-refractivity contribution is 5.89. The lowest BCUT2D eigenvalue weighted by Crippen LogP contribution is -2.09. The number of hydrogen-bond donors (Lipinski definition) is 0. The van der Waals surface area contributed by atoms with Crippen LogP contribution in [-0.4, -0.2) is 0 Å². The molecule has 0 amide bonds. The van der Waals surface area contributed by atoms with E-state index in [1.165, 1.54) is 16.7 Å². The summed E-state index contributed by atoms with van der Waals surface area (Å²) < 4.78 is 5.53. The maximum absolute atomic E-state index is 11.8. The molecule has 18 heavy (non-hydrogen) atoms. The fourth-order valence-corrected chi connectivity index (χ4v) is 2.81. The second kappa shape index (κ2) is 4.27. The molecule has 96 valence electrons. The molecule has 0 saturated heterocycles.